The van der Waals surface area contributed by atoms with E-state index in [1.165, 1.54) is 0 Å². The summed E-state index contributed by atoms with van der Waals surface area (Å²) in [6.07, 6.45) is 0. The fourth-order valence-electron chi connectivity index (χ4n) is 2.39. The van der Waals surface area contributed by atoms with Gasteiger partial charge in [0.1, 0.15) is 5.69 Å². The Morgan fingerprint density at radius 2 is 2.15 bits per heavy atom. The van der Waals surface area contributed by atoms with E-state index < -0.39 is 0 Å². The van der Waals surface area contributed by atoms with E-state index in [0.717, 1.165) is 43.0 Å². The van der Waals surface area contributed by atoms with Gasteiger partial charge in [-0.25, -0.2) is 0 Å². The highest BCUT2D eigenvalue weighted by Gasteiger charge is 2.21. The molecule has 0 saturated carbocycles. The van der Waals surface area contributed by atoms with E-state index in [2.05, 4.69) is 31.2 Å². The molecule has 7 heteroatoms. The maximum absolute atomic E-state index is 12.3. The van der Waals surface area contributed by atoms with Gasteiger partial charge in [0.05, 0.1) is 23.4 Å². The average Bonchev–Trinajstić information content (AvgIpc) is 2.64. The summed E-state index contributed by atoms with van der Waals surface area (Å²) in [4.78, 5) is 14.6. The molecule has 0 unspecified atom stereocenters. The fourth-order valence-corrected chi connectivity index (χ4v) is 2.90. The Bertz CT molecular complexity index is 483. The van der Waals surface area contributed by atoms with E-state index >= 15 is 0 Å². The van der Waals surface area contributed by atoms with Gasteiger partial charge in [0.25, 0.3) is 5.91 Å². The Labute approximate surface area is 127 Å². The lowest BCUT2D eigenvalue weighted by atomic mass is 10.2. The molecule has 0 aromatic carbocycles. The van der Waals surface area contributed by atoms with Crippen molar-refractivity contribution in [3.8, 4) is 0 Å². The minimum absolute atomic E-state index is 0.0858. The zero-order chi connectivity index (χ0) is 14.7. The second-order valence-electron chi connectivity index (χ2n) is 5.16. The van der Waals surface area contributed by atoms with Gasteiger partial charge in [-0.2, -0.15) is 5.10 Å². The molecule has 1 aliphatic rings. The zero-order valence-electron chi connectivity index (χ0n) is 12.1. The number of amides is 1. The molecule has 1 aromatic rings. The zero-order valence-corrected chi connectivity index (χ0v) is 13.7. The molecule has 0 radical (unpaired) electrons. The Morgan fingerprint density at radius 1 is 1.50 bits per heavy atom. The molecule has 1 fully saturated rings. The van der Waals surface area contributed by atoms with Gasteiger partial charge in [0, 0.05) is 32.7 Å². The lowest BCUT2D eigenvalue weighted by Gasteiger charge is -2.29. The third-order valence-electron chi connectivity index (χ3n) is 3.38. The third-order valence-corrected chi connectivity index (χ3v) is 4.33. The molecule has 1 aromatic heterocycles. The maximum atomic E-state index is 12.3. The monoisotopic (exact) mass is 344 g/mol. The van der Waals surface area contributed by atoms with Crippen molar-refractivity contribution >= 4 is 21.8 Å². The smallest absolute Gasteiger partial charge is 0.270 e. The van der Waals surface area contributed by atoms with Crippen LogP contribution in [-0.4, -0.2) is 59.5 Å². The number of nitrogens with one attached hydrogen (secondary N) is 1. The van der Waals surface area contributed by atoms with Crippen molar-refractivity contribution in [1.29, 1.82) is 0 Å². The van der Waals surface area contributed by atoms with Crippen LogP contribution in [0, 0.1) is 6.92 Å². The van der Waals surface area contributed by atoms with Crippen LogP contribution in [0.4, 0.5) is 0 Å². The molecule has 20 heavy (non-hydrogen) atoms. The standard InChI is InChI=1S/C13H21BrN4O2/c1-9(8-18-4-6-20-7-5-18)15-13(19)12-11(14)10(2)16-17(12)3/h9H,4-8H2,1-3H3,(H,15,19)/t9-/m0/s1. The SMILES string of the molecule is Cc1nn(C)c(C(=O)N[C@@H](C)CN2CCOCC2)c1Br. The van der Waals surface area contributed by atoms with Crippen molar-refractivity contribution in [2.45, 2.75) is 19.9 Å². The topological polar surface area (TPSA) is 59.4 Å². The Kier molecular flexibility index (Phi) is 5.17. The van der Waals surface area contributed by atoms with Crippen LogP contribution in [-0.2, 0) is 11.8 Å². The number of ether oxygens (including phenoxy) is 1. The number of aromatic nitrogens is 2. The van der Waals surface area contributed by atoms with E-state index in [1.807, 2.05) is 13.8 Å². The first-order valence-electron chi connectivity index (χ1n) is 6.79. The minimum Gasteiger partial charge on any atom is -0.379 e. The number of rotatable bonds is 4. The molecule has 6 nitrogen and oxygen atoms in total. The van der Waals surface area contributed by atoms with Gasteiger partial charge >= 0.3 is 0 Å². The van der Waals surface area contributed by atoms with Gasteiger partial charge in [-0.05, 0) is 29.8 Å². The number of carbonyl (C=O) groups excluding carboxylic acids is 1. The maximum Gasteiger partial charge on any atom is 0.270 e. The predicted molar refractivity (Wildman–Crippen MR) is 79.8 cm³/mol. The average molecular weight is 345 g/mol. The van der Waals surface area contributed by atoms with Crippen molar-refractivity contribution < 1.29 is 9.53 Å². The number of aryl methyl sites for hydroxylation is 2. The summed E-state index contributed by atoms with van der Waals surface area (Å²) >= 11 is 3.42. The summed E-state index contributed by atoms with van der Waals surface area (Å²) in [5, 5.41) is 7.26. The molecular formula is C13H21BrN4O2. The highest BCUT2D eigenvalue weighted by molar-refractivity contribution is 9.10. The van der Waals surface area contributed by atoms with E-state index in [9.17, 15) is 4.79 Å². The largest absolute Gasteiger partial charge is 0.379 e. The Morgan fingerprint density at radius 3 is 2.70 bits per heavy atom. The van der Waals surface area contributed by atoms with Gasteiger partial charge in [-0.15, -0.1) is 0 Å². The quantitative estimate of drug-likeness (QED) is 0.883. The molecule has 112 valence electrons. The minimum atomic E-state index is -0.0965. The second kappa shape index (κ2) is 6.69. The molecule has 0 spiro atoms. The summed E-state index contributed by atoms with van der Waals surface area (Å²) in [7, 11) is 1.78. The van der Waals surface area contributed by atoms with E-state index in [-0.39, 0.29) is 11.9 Å². The van der Waals surface area contributed by atoms with Crippen molar-refractivity contribution in [3.63, 3.8) is 0 Å². The molecule has 2 rings (SSSR count). The highest BCUT2D eigenvalue weighted by atomic mass is 79.9. The fraction of sp³-hybridized carbons (Fsp3) is 0.692. The number of hydrogen-bond donors (Lipinski definition) is 1. The Balaban J connectivity index is 1.93. The molecule has 1 aliphatic heterocycles. The van der Waals surface area contributed by atoms with E-state index in [4.69, 9.17) is 4.74 Å². The summed E-state index contributed by atoms with van der Waals surface area (Å²) in [5.74, 6) is -0.0965. The van der Waals surface area contributed by atoms with Crippen molar-refractivity contribution in [2.75, 3.05) is 32.8 Å². The van der Waals surface area contributed by atoms with Gasteiger partial charge < -0.3 is 10.1 Å². The number of carbonyl (C=O) groups is 1. The predicted octanol–water partition coefficient (Wildman–Crippen LogP) is 0.942. The van der Waals surface area contributed by atoms with Crippen molar-refractivity contribution in [2.24, 2.45) is 7.05 Å². The van der Waals surface area contributed by atoms with Gasteiger partial charge in [0.15, 0.2) is 0 Å². The highest BCUT2D eigenvalue weighted by Crippen LogP contribution is 2.20. The van der Waals surface area contributed by atoms with Crippen LogP contribution in [0.5, 0.6) is 0 Å². The number of halogens is 1. The Hall–Kier alpha value is -0.920. The summed E-state index contributed by atoms with van der Waals surface area (Å²) in [6, 6.07) is 0.0858. The van der Waals surface area contributed by atoms with Crippen LogP contribution in [0.25, 0.3) is 0 Å². The first-order chi connectivity index (χ1) is 9.49. The van der Waals surface area contributed by atoms with Crippen LogP contribution >= 0.6 is 15.9 Å². The summed E-state index contributed by atoms with van der Waals surface area (Å²) in [6.45, 7) is 8.12. The molecule has 1 saturated heterocycles. The van der Waals surface area contributed by atoms with Crippen LogP contribution < -0.4 is 5.32 Å². The van der Waals surface area contributed by atoms with Crippen molar-refractivity contribution in [1.82, 2.24) is 20.0 Å². The lowest BCUT2D eigenvalue weighted by Crippen LogP contribution is -2.46. The molecule has 0 bridgehead atoms. The molecule has 1 N–H and O–H groups in total. The van der Waals surface area contributed by atoms with Crippen LogP contribution in [0.15, 0.2) is 4.47 Å². The van der Waals surface area contributed by atoms with E-state index in [1.54, 1.807) is 11.7 Å². The number of hydrogen-bond acceptors (Lipinski definition) is 4. The molecule has 1 amide bonds. The summed E-state index contributed by atoms with van der Waals surface area (Å²) in [5.41, 5.74) is 1.38. The van der Waals surface area contributed by atoms with Crippen LogP contribution in [0.1, 0.15) is 23.1 Å². The van der Waals surface area contributed by atoms with Crippen LogP contribution in [0.3, 0.4) is 0 Å². The lowest BCUT2D eigenvalue weighted by molar-refractivity contribution is 0.0342. The molecule has 0 aliphatic carbocycles. The van der Waals surface area contributed by atoms with Gasteiger partial charge in [-0.3, -0.25) is 14.4 Å². The first kappa shape index (κ1) is 15.5. The van der Waals surface area contributed by atoms with Crippen LogP contribution in [0.2, 0.25) is 0 Å². The molecule has 2 heterocycles. The van der Waals surface area contributed by atoms with Gasteiger partial charge in [0.2, 0.25) is 0 Å². The first-order valence-corrected chi connectivity index (χ1v) is 7.58. The third kappa shape index (κ3) is 3.59. The van der Waals surface area contributed by atoms with Gasteiger partial charge in [-0.1, -0.05) is 0 Å². The molecular weight excluding hydrogens is 324 g/mol. The normalized spacial score (nSPS) is 18.0. The number of morpholine rings is 1. The van der Waals surface area contributed by atoms with E-state index in [0.29, 0.717) is 5.69 Å². The van der Waals surface area contributed by atoms with Crippen molar-refractivity contribution in [3.05, 3.63) is 15.9 Å². The molecule has 1 atom stereocenters. The second-order valence-corrected chi connectivity index (χ2v) is 5.95. The summed E-state index contributed by atoms with van der Waals surface area (Å²) < 4.78 is 7.69. The number of nitrogens with zero attached hydrogens (tertiary/aromatic N) is 3.